The third kappa shape index (κ3) is 2.95. The van der Waals surface area contributed by atoms with Gasteiger partial charge in [0.2, 0.25) is 5.95 Å². The Bertz CT molecular complexity index is 549. The third-order valence-electron chi connectivity index (χ3n) is 3.32. The van der Waals surface area contributed by atoms with Gasteiger partial charge in [0.15, 0.2) is 0 Å². The molecule has 2 N–H and O–H groups in total. The van der Waals surface area contributed by atoms with E-state index >= 15 is 0 Å². The number of nitrogens with one attached hydrogen (secondary N) is 2. The number of rotatable bonds is 4. The first kappa shape index (κ1) is 13.0. The molecule has 1 aliphatic heterocycles. The lowest BCUT2D eigenvalue weighted by Gasteiger charge is -2.21. The quantitative estimate of drug-likeness (QED) is 0.904. The molecule has 0 saturated carbocycles. The lowest BCUT2D eigenvalue weighted by molar-refractivity contribution is 0.677. The standard InChI is InChI=1S/C13H18N4S2/c1-14-13-16-11(10-5-7-19-12(10)17-13)15-8-9-4-2-3-6-18-9/h5,7,9H,2-4,6,8H2,1H3,(H2,14,15,16,17). The fraction of sp³-hybridized carbons (Fsp3) is 0.538. The van der Waals surface area contributed by atoms with Gasteiger partial charge in [-0.1, -0.05) is 6.42 Å². The van der Waals surface area contributed by atoms with Crippen LogP contribution in [0.3, 0.4) is 0 Å². The minimum absolute atomic E-state index is 0.689. The maximum atomic E-state index is 4.54. The zero-order valence-corrected chi connectivity index (χ0v) is 12.6. The average molecular weight is 294 g/mol. The van der Waals surface area contributed by atoms with Gasteiger partial charge in [-0.15, -0.1) is 11.3 Å². The first-order valence-electron chi connectivity index (χ1n) is 6.65. The van der Waals surface area contributed by atoms with E-state index in [0.29, 0.717) is 5.95 Å². The van der Waals surface area contributed by atoms with Crippen molar-refractivity contribution in [2.24, 2.45) is 0 Å². The Labute approximate surface area is 121 Å². The molecule has 3 heterocycles. The van der Waals surface area contributed by atoms with Gasteiger partial charge in [0.1, 0.15) is 10.6 Å². The molecule has 4 nitrogen and oxygen atoms in total. The molecule has 19 heavy (non-hydrogen) atoms. The van der Waals surface area contributed by atoms with Crippen LogP contribution in [0.4, 0.5) is 11.8 Å². The number of nitrogens with zero attached hydrogens (tertiary/aromatic N) is 2. The Morgan fingerprint density at radius 3 is 3.11 bits per heavy atom. The van der Waals surface area contributed by atoms with Crippen LogP contribution in [0, 0.1) is 0 Å². The summed E-state index contributed by atoms with van der Waals surface area (Å²) in [6, 6.07) is 2.09. The molecule has 0 aliphatic carbocycles. The summed E-state index contributed by atoms with van der Waals surface area (Å²) in [7, 11) is 1.86. The van der Waals surface area contributed by atoms with Gasteiger partial charge in [-0.2, -0.15) is 16.7 Å². The van der Waals surface area contributed by atoms with Crippen molar-refractivity contribution in [3.63, 3.8) is 0 Å². The number of hydrogen-bond acceptors (Lipinski definition) is 6. The number of aromatic nitrogens is 2. The van der Waals surface area contributed by atoms with Crippen LogP contribution in [0.1, 0.15) is 19.3 Å². The van der Waals surface area contributed by atoms with E-state index in [-0.39, 0.29) is 0 Å². The van der Waals surface area contributed by atoms with Crippen molar-refractivity contribution in [2.45, 2.75) is 24.5 Å². The molecular weight excluding hydrogens is 276 g/mol. The molecule has 0 spiro atoms. The molecule has 0 aromatic carbocycles. The molecule has 3 rings (SSSR count). The zero-order chi connectivity index (χ0) is 13.1. The maximum absolute atomic E-state index is 4.54. The van der Waals surface area contributed by atoms with Gasteiger partial charge in [0, 0.05) is 18.8 Å². The lowest BCUT2D eigenvalue weighted by Crippen LogP contribution is -2.20. The highest BCUT2D eigenvalue weighted by atomic mass is 32.2. The van der Waals surface area contributed by atoms with Crippen molar-refractivity contribution in [3.8, 4) is 0 Å². The number of hydrogen-bond donors (Lipinski definition) is 2. The van der Waals surface area contributed by atoms with Crippen LogP contribution in [-0.4, -0.2) is 34.6 Å². The van der Waals surface area contributed by atoms with Crippen LogP contribution in [-0.2, 0) is 0 Å². The van der Waals surface area contributed by atoms with Gasteiger partial charge in [-0.05, 0) is 30.0 Å². The van der Waals surface area contributed by atoms with Crippen LogP contribution in [0.5, 0.6) is 0 Å². The first-order chi connectivity index (χ1) is 9.36. The van der Waals surface area contributed by atoms with Crippen LogP contribution in [0.2, 0.25) is 0 Å². The van der Waals surface area contributed by atoms with E-state index in [1.54, 1.807) is 11.3 Å². The monoisotopic (exact) mass is 294 g/mol. The molecule has 1 aliphatic rings. The Morgan fingerprint density at radius 2 is 2.32 bits per heavy atom. The smallest absolute Gasteiger partial charge is 0.225 e. The second-order valence-corrected chi connectivity index (χ2v) is 6.96. The maximum Gasteiger partial charge on any atom is 0.225 e. The van der Waals surface area contributed by atoms with Crippen LogP contribution in [0.25, 0.3) is 10.2 Å². The fourth-order valence-corrected chi connectivity index (χ4v) is 4.28. The van der Waals surface area contributed by atoms with E-state index in [0.717, 1.165) is 27.8 Å². The molecule has 1 atom stereocenters. The summed E-state index contributed by atoms with van der Waals surface area (Å²) in [5, 5.41) is 10.5. The number of thioether (sulfide) groups is 1. The predicted molar refractivity (Wildman–Crippen MR) is 85.5 cm³/mol. The van der Waals surface area contributed by atoms with Crippen molar-refractivity contribution in [1.82, 2.24) is 9.97 Å². The van der Waals surface area contributed by atoms with Gasteiger partial charge in [-0.25, -0.2) is 4.98 Å². The summed E-state index contributed by atoms with van der Waals surface area (Å²) in [5.74, 6) is 2.95. The highest BCUT2D eigenvalue weighted by Crippen LogP contribution is 2.28. The van der Waals surface area contributed by atoms with Gasteiger partial charge in [0.25, 0.3) is 0 Å². The zero-order valence-electron chi connectivity index (χ0n) is 11.0. The Balaban J connectivity index is 1.77. The Kier molecular flexibility index (Phi) is 4.08. The Morgan fingerprint density at radius 1 is 1.37 bits per heavy atom. The topological polar surface area (TPSA) is 49.8 Å². The van der Waals surface area contributed by atoms with Crippen molar-refractivity contribution in [2.75, 3.05) is 30.0 Å². The highest BCUT2D eigenvalue weighted by molar-refractivity contribution is 7.99. The lowest BCUT2D eigenvalue weighted by atomic mass is 10.2. The molecular formula is C13H18N4S2. The third-order valence-corrected chi connectivity index (χ3v) is 5.52. The molecule has 102 valence electrons. The second-order valence-electron chi connectivity index (χ2n) is 4.65. The normalized spacial score (nSPS) is 19.5. The number of fused-ring (bicyclic) bond motifs is 1. The van der Waals surface area contributed by atoms with E-state index in [9.17, 15) is 0 Å². The highest BCUT2D eigenvalue weighted by Gasteiger charge is 2.15. The summed E-state index contributed by atoms with van der Waals surface area (Å²) in [6.07, 6.45) is 4.04. The van der Waals surface area contributed by atoms with Crippen LogP contribution in [0.15, 0.2) is 11.4 Å². The first-order valence-corrected chi connectivity index (χ1v) is 8.58. The van der Waals surface area contributed by atoms with Crippen molar-refractivity contribution in [3.05, 3.63) is 11.4 Å². The SMILES string of the molecule is CNc1nc(NCC2CCCCS2)c2ccsc2n1. The molecule has 1 unspecified atom stereocenters. The molecule has 1 fully saturated rings. The van der Waals surface area contributed by atoms with E-state index in [1.165, 1.54) is 25.0 Å². The number of anilines is 2. The minimum atomic E-state index is 0.689. The predicted octanol–water partition coefficient (Wildman–Crippen LogP) is 3.43. The van der Waals surface area contributed by atoms with Gasteiger partial charge in [-0.3, -0.25) is 0 Å². The summed E-state index contributed by atoms with van der Waals surface area (Å²) >= 11 is 3.74. The van der Waals surface area contributed by atoms with Crippen LogP contribution >= 0.6 is 23.1 Å². The summed E-state index contributed by atoms with van der Waals surface area (Å²) in [6.45, 7) is 0.996. The van der Waals surface area contributed by atoms with Gasteiger partial charge < -0.3 is 10.6 Å². The summed E-state index contributed by atoms with van der Waals surface area (Å²) in [5.41, 5.74) is 0. The average Bonchev–Trinajstić information content (AvgIpc) is 2.94. The number of thiophene rings is 1. The second kappa shape index (κ2) is 5.96. The molecule has 0 amide bonds. The molecule has 6 heteroatoms. The van der Waals surface area contributed by atoms with Crippen molar-refractivity contribution < 1.29 is 0 Å². The minimum Gasteiger partial charge on any atom is -0.368 e. The Hall–Kier alpha value is -1.01. The summed E-state index contributed by atoms with van der Waals surface area (Å²) < 4.78 is 0. The van der Waals surface area contributed by atoms with E-state index in [2.05, 4.69) is 43.8 Å². The van der Waals surface area contributed by atoms with Gasteiger partial charge >= 0.3 is 0 Å². The van der Waals surface area contributed by atoms with E-state index in [1.807, 2.05) is 7.05 Å². The molecule has 0 bridgehead atoms. The van der Waals surface area contributed by atoms with Crippen molar-refractivity contribution in [1.29, 1.82) is 0 Å². The van der Waals surface area contributed by atoms with E-state index < -0.39 is 0 Å². The van der Waals surface area contributed by atoms with Crippen LogP contribution < -0.4 is 10.6 Å². The summed E-state index contributed by atoms with van der Waals surface area (Å²) in [4.78, 5) is 10.0. The molecule has 2 aromatic heterocycles. The molecule has 2 aromatic rings. The fourth-order valence-electron chi connectivity index (χ4n) is 2.28. The van der Waals surface area contributed by atoms with E-state index in [4.69, 9.17) is 0 Å². The molecule has 0 radical (unpaired) electrons. The molecule has 1 saturated heterocycles. The largest absolute Gasteiger partial charge is 0.368 e. The van der Waals surface area contributed by atoms with Crippen molar-refractivity contribution >= 4 is 45.1 Å². The van der Waals surface area contributed by atoms with Gasteiger partial charge in [0.05, 0.1) is 5.39 Å².